The van der Waals surface area contributed by atoms with Gasteiger partial charge < -0.3 is 46.0 Å². The van der Waals surface area contributed by atoms with Gasteiger partial charge in [-0.25, -0.2) is 29.3 Å². The number of hydrogen-bond acceptors (Lipinski definition) is 19. The van der Waals surface area contributed by atoms with E-state index in [-0.39, 0.29) is 147 Å². The number of aldehydes is 1. The van der Waals surface area contributed by atoms with Crippen molar-refractivity contribution in [2.45, 2.75) is 128 Å². The van der Waals surface area contributed by atoms with Crippen LogP contribution in [0.4, 0.5) is 10.3 Å². The summed E-state index contributed by atoms with van der Waals surface area (Å²) in [4.78, 5) is 112. The monoisotopic (exact) mass is 1680 g/mol. The Balaban J connectivity index is 0.000000315. The molecular weight excluding hydrogens is 1600 g/mol. The number of carboxylic acid groups (broad SMARTS) is 1. The third-order valence-electron chi connectivity index (χ3n) is 16.0. The second-order valence-corrected chi connectivity index (χ2v) is 25.7. The Morgan fingerprint density at radius 1 is 0.584 bits per heavy atom. The number of ether oxygens (including phenoxy) is 2. The molecule has 101 heavy (non-hydrogen) atoms. The average molecular weight is 1680 g/mol. The van der Waals surface area contributed by atoms with Crippen LogP contribution < -0.4 is 70.7 Å². The van der Waals surface area contributed by atoms with E-state index in [2.05, 4.69) is 58.4 Å². The Morgan fingerprint density at radius 2 is 0.980 bits per heavy atom. The summed E-state index contributed by atoms with van der Waals surface area (Å²) in [7, 11) is 0. The molecule has 2 aromatic heterocycles. The van der Waals surface area contributed by atoms with E-state index in [4.69, 9.17) is 24.4 Å². The summed E-state index contributed by atoms with van der Waals surface area (Å²) < 4.78 is 11.5. The molecule has 21 nitrogen and oxygen atoms in total. The van der Waals surface area contributed by atoms with Gasteiger partial charge in [0.05, 0.1) is 35.1 Å². The van der Waals surface area contributed by atoms with Crippen LogP contribution in [0.2, 0.25) is 0 Å². The summed E-state index contributed by atoms with van der Waals surface area (Å²) in [6.45, 7) is 11.4. The number of anilines is 2. The number of nitrogens with one attached hydrogen (secondary N) is 5. The van der Waals surface area contributed by atoms with Crippen molar-refractivity contribution in [2.75, 3.05) is 36.8 Å². The van der Waals surface area contributed by atoms with Gasteiger partial charge in [0.25, 0.3) is 0 Å². The predicted octanol–water partition coefficient (Wildman–Crippen LogP) is 7.97. The number of carbonyl (C=O) groups is 8. The number of fused-ring (bicyclic) bond motifs is 2. The molecule has 4 radical (unpaired) electrons. The number of amides is 4. The summed E-state index contributed by atoms with van der Waals surface area (Å²) in [6.07, 6.45) is 8.05. The first-order chi connectivity index (χ1) is 46.9. The van der Waals surface area contributed by atoms with Gasteiger partial charge in [0.1, 0.15) is 29.3 Å². The normalized spacial score (nSPS) is 16.4. The molecule has 27 heteroatoms. The van der Waals surface area contributed by atoms with E-state index in [0.717, 1.165) is 166 Å². The summed E-state index contributed by atoms with van der Waals surface area (Å²) in [6, 6.07) is 54.3. The van der Waals surface area contributed by atoms with Crippen LogP contribution in [0.15, 0.2) is 170 Å². The molecule has 4 heterocycles. The molecule has 0 saturated carbocycles. The summed E-state index contributed by atoms with van der Waals surface area (Å²) in [5.41, 5.74) is 5.49. The quantitative estimate of drug-likeness (QED) is 0.0250. The number of aliphatic carboxylic acids is 1. The van der Waals surface area contributed by atoms with Gasteiger partial charge in [0, 0.05) is 131 Å². The number of hydrogen-bond donors (Lipinski definition) is 5. The second-order valence-electron chi connectivity index (χ2n) is 23.5. The smallest absolute Gasteiger partial charge is 0.550 e. The first-order valence-electron chi connectivity index (χ1n) is 32.3. The Bertz CT molecular complexity index is 3870. The van der Waals surface area contributed by atoms with Crippen LogP contribution in [-0.4, -0.2) is 109 Å². The number of benzene rings is 6. The number of para-hydroxylation sites is 2. The van der Waals surface area contributed by atoms with Gasteiger partial charge in [-0.3, -0.25) is 28.9 Å². The largest absolute Gasteiger partial charge is 1.00 e. The number of aryl methyl sites for hydroxylation is 2. The second kappa shape index (κ2) is 45.0. The van der Waals surface area contributed by atoms with Gasteiger partial charge in [0.15, 0.2) is 10.3 Å². The maximum absolute atomic E-state index is 13.4. The van der Waals surface area contributed by atoms with E-state index >= 15 is 0 Å². The molecule has 6 atom stereocenters. The number of thiazole rings is 2. The van der Waals surface area contributed by atoms with Gasteiger partial charge in [-0.2, -0.15) is 0 Å². The van der Waals surface area contributed by atoms with Crippen molar-refractivity contribution in [1.82, 2.24) is 30.8 Å². The van der Waals surface area contributed by atoms with Crippen molar-refractivity contribution in [3.63, 3.8) is 0 Å². The molecule has 12 rings (SSSR count). The zero-order valence-corrected chi connectivity index (χ0v) is 66.6. The molecule has 4 amide bonds. The van der Waals surface area contributed by atoms with Gasteiger partial charge in [-0.15, -0.1) is 22.7 Å². The van der Waals surface area contributed by atoms with E-state index in [1.54, 1.807) is 24.3 Å². The maximum Gasteiger partial charge on any atom is 1.00 e. The van der Waals surface area contributed by atoms with Crippen molar-refractivity contribution in [1.29, 1.82) is 0 Å². The van der Waals surface area contributed by atoms with Crippen LogP contribution in [0.1, 0.15) is 145 Å². The third-order valence-corrected chi connectivity index (χ3v) is 18.1. The summed E-state index contributed by atoms with van der Waals surface area (Å²) in [5.74, 6) is -0.263. The molecule has 2 saturated heterocycles. The van der Waals surface area contributed by atoms with Crippen LogP contribution in [0.25, 0.3) is 0 Å². The maximum atomic E-state index is 13.4. The number of aromatic nitrogens is 2. The van der Waals surface area contributed by atoms with Crippen LogP contribution in [0.3, 0.4) is 0 Å². The van der Waals surface area contributed by atoms with Gasteiger partial charge in [-0.05, 0) is 156 Å². The number of carbonyl (C=O) groups excluding carboxylic acids is 8. The van der Waals surface area contributed by atoms with Crippen LogP contribution in [0.5, 0.6) is 23.0 Å². The van der Waals surface area contributed by atoms with E-state index in [0.29, 0.717) is 15.8 Å². The van der Waals surface area contributed by atoms with Crippen molar-refractivity contribution < 1.29 is 142 Å². The number of nitrogens with zero attached hydrogens (tertiary/aromatic N) is 3. The van der Waals surface area contributed by atoms with Crippen molar-refractivity contribution in [2.24, 2.45) is 0 Å². The minimum Gasteiger partial charge on any atom is -0.550 e. The molecule has 0 bridgehead atoms. The molecule has 6 aromatic carbocycles. The van der Waals surface area contributed by atoms with Crippen LogP contribution >= 0.6 is 22.7 Å². The Morgan fingerprint density at radius 3 is 1.38 bits per heavy atom. The van der Waals surface area contributed by atoms with E-state index in [9.17, 15) is 33.6 Å². The summed E-state index contributed by atoms with van der Waals surface area (Å²) in [5, 5.41) is 25.8. The minimum atomic E-state index is -1.08. The van der Waals surface area contributed by atoms with Crippen molar-refractivity contribution in [3.05, 3.63) is 213 Å². The Kier molecular flexibility index (Phi) is 38.4. The van der Waals surface area contributed by atoms with E-state index < -0.39 is 17.9 Å². The van der Waals surface area contributed by atoms with Gasteiger partial charge >= 0.3 is 41.5 Å². The molecule has 2 aliphatic heterocycles. The Hall–Kier alpha value is -7.24. The van der Waals surface area contributed by atoms with E-state index in [1.165, 1.54) is 28.2 Å². The van der Waals surface area contributed by atoms with Gasteiger partial charge in [0.2, 0.25) is 23.6 Å². The van der Waals surface area contributed by atoms with Crippen LogP contribution in [0, 0.1) is 31.1 Å². The van der Waals surface area contributed by atoms with Crippen molar-refractivity contribution >= 4 is 89.2 Å². The zero-order valence-electron chi connectivity index (χ0n) is 57.4. The topological polar surface area (TPSA) is 286 Å². The first-order valence-corrected chi connectivity index (χ1v) is 33.9. The number of likely N-dealkylation sites (tertiary alicyclic amines) is 1. The summed E-state index contributed by atoms with van der Waals surface area (Å²) >= 11 is 3.01. The molecular formula is C74H81BN8NaO13S2UV. The predicted molar refractivity (Wildman–Crippen MR) is 375 cm³/mol. The SMILES string of the molecule is CC(=O)OOC(C)=O.CC(=O)[O-].CC(C(=O)Nc1nc2c(s1)CCCC2C(=O)NC1CCN(Cc2ccc(Oc3ccccc3)cc2)C1)c1ccccc1.CC(C(=O)Nc1nc2c(s1)CCCC2C(=O)NC1CCNC1)c1ccccc1.O=Cc1ccc(Oc2ccccc2)cc1.[B].[Na+].[U].[V]. The molecule has 2 aliphatic carbocycles. The molecule has 6 unspecified atom stereocenters. The number of rotatable bonds is 17. The molecule has 0 spiro atoms. The molecule has 4 aliphatic rings. The molecule has 520 valence electrons. The van der Waals surface area contributed by atoms with Gasteiger partial charge in [-0.1, -0.05) is 109 Å². The molecule has 5 N–H and O–H groups in total. The minimum absolute atomic E-state index is 0. The molecule has 2 fully saturated rings. The third kappa shape index (κ3) is 28.5. The fourth-order valence-corrected chi connectivity index (χ4v) is 13.2. The average Bonchev–Trinajstić information content (AvgIpc) is 1.68. The first kappa shape index (κ1) is 86.2. The standard InChI is InChI=1S/C34H36N4O3S.C21H26N4O2S.C13H10O2.C4H6O4.C2H4O2.B.Na.U.V/c1-23(25-9-4-2-5-10-25)32(39)37-34-36-31-29(13-8-14-30(31)42-34)33(40)35-26-19-20-38(22-26)21-24-15-17-28(18-16-24)41-27-11-6-3-7-12-27;1-13(14-6-3-2-4-7-14)19(26)25-21-24-18-16(8-5-9-17(18)28-21)20(27)23-15-10-11-22-12-15;14-10-11-6-8-13(9-7-11)15-12-4-2-1-3-5-12;1-3(5)7-8-4(2)6;1-2(3)4;;;;/h2-7,9-12,15-18,23,26,29H,8,13-14,19-22H2,1H3,(H,35,40)(H,36,37,39);2-4,6-7,13,15-16,22H,5,8-12H2,1H3,(H,23,27)(H,24,25,26);1-10H;1-2H3;1H3,(H,3,4);;;;/q;;;;;;+1;;/p-1. The fraction of sp³-hybridized carbons (Fsp3) is 0.324. The fourth-order valence-electron chi connectivity index (χ4n) is 11.0. The van der Waals surface area contributed by atoms with Crippen molar-refractivity contribution in [3.8, 4) is 23.0 Å². The number of carboxylic acids is 1. The Labute approximate surface area is 657 Å². The van der Waals surface area contributed by atoms with Crippen LogP contribution in [-0.2, 0) is 81.3 Å². The zero-order chi connectivity index (χ0) is 69.1. The molecule has 8 aromatic rings. The van der Waals surface area contributed by atoms with E-state index in [1.807, 2.05) is 147 Å².